The first-order valence-electron chi connectivity index (χ1n) is 5.28. The molecule has 0 atom stereocenters. The summed E-state index contributed by atoms with van der Waals surface area (Å²) in [7, 11) is 0. The first-order valence-corrected chi connectivity index (χ1v) is 5.28. The lowest BCUT2D eigenvalue weighted by Crippen LogP contribution is -2.03. The third-order valence-electron chi connectivity index (χ3n) is 2.39. The molecule has 0 aliphatic heterocycles. The summed E-state index contributed by atoms with van der Waals surface area (Å²) in [4.78, 5) is 4.28. The van der Waals surface area contributed by atoms with Crippen LogP contribution in [0.1, 0.15) is 37.2 Å². The molecule has 0 unspecified atom stereocenters. The number of hydrogen-bond donors (Lipinski definition) is 1. The summed E-state index contributed by atoms with van der Waals surface area (Å²) in [6.45, 7) is 4.55. The van der Waals surface area contributed by atoms with Crippen LogP contribution in [0.2, 0.25) is 0 Å². The molecule has 16 heavy (non-hydrogen) atoms. The van der Waals surface area contributed by atoms with Gasteiger partial charge in [0.05, 0.1) is 6.61 Å². The van der Waals surface area contributed by atoms with E-state index in [0.29, 0.717) is 18.3 Å². The van der Waals surface area contributed by atoms with E-state index in [-0.39, 0.29) is 12.5 Å². The molecule has 2 heterocycles. The van der Waals surface area contributed by atoms with Crippen LogP contribution in [0.4, 0.5) is 0 Å². The number of aromatic nitrogens is 3. The smallest absolute Gasteiger partial charge is 0.246 e. The van der Waals surface area contributed by atoms with Crippen molar-refractivity contribution in [2.24, 2.45) is 0 Å². The lowest BCUT2D eigenvalue weighted by molar-refractivity contribution is 0.269. The van der Waals surface area contributed by atoms with Gasteiger partial charge in [-0.25, -0.2) is 0 Å². The van der Waals surface area contributed by atoms with E-state index >= 15 is 0 Å². The van der Waals surface area contributed by atoms with E-state index < -0.39 is 0 Å². The van der Waals surface area contributed by atoms with E-state index in [9.17, 15) is 0 Å². The predicted molar refractivity (Wildman–Crippen MR) is 57.8 cm³/mol. The second-order valence-electron chi connectivity index (χ2n) is 3.99. The van der Waals surface area contributed by atoms with Gasteiger partial charge in [0.2, 0.25) is 5.89 Å². The molecule has 0 saturated carbocycles. The molecule has 0 spiro atoms. The van der Waals surface area contributed by atoms with Crippen molar-refractivity contribution in [2.45, 2.75) is 32.9 Å². The lowest BCUT2D eigenvalue weighted by atomic mass is 10.2. The van der Waals surface area contributed by atoms with Crippen LogP contribution in [0.5, 0.6) is 0 Å². The van der Waals surface area contributed by atoms with Crippen molar-refractivity contribution >= 4 is 0 Å². The van der Waals surface area contributed by atoms with Gasteiger partial charge in [0.25, 0.3) is 0 Å². The molecule has 5 heteroatoms. The molecule has 0 aliphatic rings. The van der Waals surface area contributed by atoms with Crippen molar-refractivity contribution in [3.8, 4) is 0 Å². The number of aliphatic hydroxyl groups is 1. The Labute approximate surface area is 93.7 Å². The fraction of sp³-hybridized carbons (Fsp3) is 0.455. The molecule has 0 bridgehead atoms. The van der Waals surface area contributed by atoms with Gasteiger partial charge in [0.15, 0.2) is 5.82 Å². The zero-order chi connectivity index (χ0) is 11.5. The second kappa shape index (κ2) is 4.49. The van der Waals surface area contributed by atoms with E-state index in [0.717, 1.165) is 5.69 Å². The first-order chi connectivity index (χ1) is 7.70. The Morgan fingerprint density at radius 3 is 2.94 bits per heavy atom. The average molecular weight is 221 g/mol. The van der Waals surface area contributed by atoms with Gasteiger partial charge < -0.3 is 14.2 Å². The Bertz CT molecular complexity index is 459. The van der Waals surface area contributed by atoms with Crippen LogP contribution in [0.15, 0.2) is 22.9 Å². The van der Waals surface area contributed by atoms with Crippen molar-refractivity contribution in [1.29, 1.82) is 0 Å². The summed E-state index contributed by atoms with van der Waals surface area (Å²) in [5, 5.41) is 13.0. The van der Waals surface area contributed by atoms with Crippen LogP contribution in [-0.2, 0) is 13.2 Å². The van der Waals surface area contributed by atoms with Crippen LogP contribution < -0.4 is 0 Å². The molecule has 2 aromatic rings. The molecule has 0 fully saturated rings. The number of rotatable bonds is 4. The number of aliphatic hydroxyl groups excluding tert-OH is 1. The first kappa shape index (κ1) is 10.9. The Balaban J connectivity index is 2.14. The minimum atomic E-state index is 0.0121. The third-order valence-corrected chi connectivity index (χ3v) is 2.39. The summed E-state index contributed by atoms with van der Waals surface area (Å²) in [5.74, 6) is 1.54. The van der Waals surface area contributed by atoms with Gasteiger partial charge in [-0.2, -0.15) is 4.98 Å². The van der Waals surface area contributed by atoms with Crippen LogP contribution in [0.25, 0.3) is 0 Å². The summed E-state index contributed by atoms with van der Waals surface area (Å²) < 4.78 is 7.02. The summed E-state index contributed by atoms with van der Waals surface area (Å²) in [5.41, 5.74) is 0.837. The molecule has 2 rings (SSSR count). The number of hydrogen-bond acceptors (Lipinski definition) is 4. The molecular formula is C11H15N3O2. The molecule has 1 N–H and O–H groups in total. The number of nitrogens with zero attached hydrogens (tertiary/aromatic N) is 3. The maximum absolute atomic E-state index is 9.09. The van der Waals surface area contributed by atoms with E-state index in [4.69, 9.17) is 9.63 Å². The Morgan fingerprint density at radius 1 is 1.50 bits per heavy atom. The highest BCUT2D eigenvalue weighted by Crippen LogP contribution is 2.11. The Hall–Kier alpha value is -1.62. The molecule has 0 aliphatic carbocycles. The van der Waals surface area contributed by atoms with E-state index in [1.54, 1.807) is 0 Å². The van der Waals surface area contributed by atoms with Crippen LogP contribution in [0.3, 0.4) is 0 Å². The minimum absolute atomic E-state index is 0.0121. The molecule has 0 amide bonds. The fourth-order valence-electron chi connectivity index (χ4n) is 1.46. The highest BCUT2D eigenvalue weighted by atomic mass is 16.5. The summed E-state index contributed by atoms with van der Waals surface area (Å²) in [6, 6.07) is 3.74. The highest BCUT2D eigenvalue weighted by Gasteiger charge is 2.10. The summed E-state index contributed by atoms with van der Waals surface area (Å²) in [6.07, 6.45) is 1.88. The molecule has 0 saturated heterocycles. The highest BCUT2D eigenvalue weighted by molar-refractivity contribution is 5.07. The normalized spacial score (nSPS) is 11.2. The van der Waals surface area contributed by atoms with Crippen LogP contribution in [0, 0.1) is 0 Å². The van der Waals surface area contributed by atoms with E-state index in [1.165, 1.54) is 0 Å². The Kier molecular flexibility index (Phi) is 3.05. The van der Waals surface area contributed by atoms with E-state index in [1.807, 2.05) is 36.7 Å². The van der Waals surface area contributed by atoms with Gasteiger partial charge in [-0.3, -0.25) is 0 Å². The van der Waals surface area contributed by atoms with Crippen LogP contribution >= 0.6 is 0 Å². The van der Waals surface area contributed by atoms with Crippen molar-refractivity contribution < 1.29 is 9.63 Å². The predicted octanol–water partition coefficient (Wildman–Crippen LogP) is 1.54. The maximum atomic E-state index is 9.09. The SMILES string of the molecule is CC(C)c1noc(Cn2cccc2CO)n1. The van der Waals surface area contributed by atoms with Crippen molar-refractivity contribution in [3.63, 3.8) is 0 Å². The maximum Gasteiger partial charge on any atom is 0.246 e. The van der Waals surface area contributed by atoms with Crippen LogP contribution in [-0.4, -0.2) is 19.8 Å². The topological polar surface area (TPSA) is 64.1 Å². The monoisotopic (exact) mass is 221 g/mol. The minimum Gasteiger partial charge on any atom is -0.390 e. The lowest BCUT2D eigenvalue weighted by Gasteiger charge is -2.02. The molecule has 2 aromatic heterocycles. The van der Waals surface area contributed by atoms with Gasteiger partial charge in [-0.1, -0.05) is 19.0 Å². The van der Waals surface area contributed by atoms with Gasteiger partial charge in [-0.05, 0) is 12.1 Å². The molecule has 5 nitrogen and oxygen atoms in total. The summed E-state index contributed by atoms with van der Waals surface area (Å²) >= 11 is 0. The zero-order valence-corrected chi connectivity index (χ0v) is 9.42. The van der Waals surface area contributed by atoms with Crippen molar-refractivity contribution in [2.75, 3.05) is 0 Å². The van der Waals surface area contributed by atoms with Gasteiger partial charge >= 0.3 is 0 Å². The average Bonchev–Trinajstić information content (AvgIpc) is 2.87. The second-order valence-corrected chi connectivity index (χ2v) is 3.99. The van der Waals surface area contributed by atoms with E-state index in [2.05, 4.69) is 10.1 Å². The van der Waals surface area contributed by atoms with Gasteiger partial charge in [-0.15, -0.1) is 0 Å². The standard InChI is InChI=1S/C11H15N3O2/c1-8(2)11-12-10(16-13-11)6-14-5-3-4-9(14)7-15/h3-5,8,15H,6-7H2,1-2H3. The molecule has 86 valence electrons. The molecule has 0 radical (unpaired) electrons. The van der Waals surface area contributed by atoms with Crippen molar-refractivity contribution in [3.05, 3.63) is 35.7 Å². The molecule has 0 aromatic carbocycles. The van der Waals surface area contributed by atoms with Gasteiger partial charge in [0, 0.05) is 17.8 Å². The third kappa shape index (κ3) is 2.14. The largest absolute Gasteiger partial charge is 0.390 e. The zero-order valence-electron chi connectivity index (χ0n) is 9.42. The van der Waals surface area contributed by atoms with Gasteiger partial charge in [0.1, 0.15) is 6.54 Å². The van der Waals surface area contributed by atoms with Crippen molar-refractivity contribution in [1.82, 2.24) is 14.7 Å². The molecular weight excluding hydrogens is 206 g/mol. The Morgan fingerprint density at radius 2 is 2.31 bits per heavy atom. The fourth-order valence-corrected chi connectivity index (χ4v) is 1.46. The quantitative estimate of drug-likeness (QED) is 0.850.